The van der Waals surface area contributed by atoms with Crippen molar-refractivity contribution >= 4 is 5.84 Å². The smallest absolute Gasteiger partial charge is 0.231 e. The number of halogens is 3. The van der Waals surface area contributed by atoms with Gasteiger partial charge < -0.3 is 0 Å². The Kier molecular flexibility index (Phi) is 1.46. The molecule has 0 saturated carbocycles. The van der Waals surface area contributed by atoms with Crippen molar-refractivity contribution in [3.63, 3.8) is 0 Å². The molecule has 0 fully saturated rings. The van der Waals surface area contributed by atoms with Crippen LogP contribution in [0.2, 0.25) is 0 Å². The van der Waals surface area contributed by atoms with Crippen LogP contribution in [0.5, 0.6) is 0 Å². The minimum atomic E-state index is -4.39. The Balaban J connectivity index is 2.72. The molecule has 0 N–H and O–H groups in total. The molecule has 3 nitrogen and oxygen atoms in total. The fraction of sp³-hybridized carbons (Fsp3) is 0.750. The Morgan fingerprint density at radius 2 is 2.00 bits per heavy atom. The molecule has 6 heteroatoms. The van der Waals surface area contributed by atoms with Crippen LogP contribution in [0.1, 0.15) is 6.92 Å². The number of rotatable bonds is 0. The molecule has 0 aromatic rings. The minimum Gasteiger partial charge on any atom is -0.231 e. The number of hydrogen-bond donors (Lipinski definition) is 0. The number of nitrogens with zero attached hydrogens (tertiary/aromatic N) is 3. The van der Waals surface area contributed by atoms with E-state index in [1.165, 1.54) is 6.92 Å². The van der Waals surface area contributed by atoms with Gasteiger partial charge in [-0.3, -0.25) is 0 Å². The molecule has 0 amide bonds. The van der Waals surface area contributed by atoms with Gasteiger partial charge in [0.25, 0.3) is 6.17 Å². The topological polar surface area (TPSA) is 37.1 Å². The number of aliphatic imine (C=N–C) groups is 1. The third-order valence-corrected chi connectivity index (χ3v) is 0.914. The van der Waals surface area contributed by atoms with Crippen LogP contribution < -0.4 is 0 Å². The quantitative estimate of drug-likeness (QED) is 0.505. The number of hydrogen-bond acceptors (Lipinski definition) is 3. The van der Waals surface area contributed by atoms with Crippen molar-refractivity contribution in [1.29, 1.82) is 0 Å². The first-order chi connectivity index (χ1) is 4.50. The predicted octanol–water partition coefficient (Wildman–Crippen LogP) is 1.76. The Bertz CT molecular complexity index is 192. The fourth-order valence-electron chi connectivity index (χ4n) is 0.506. The maximum atomic E-state index is 11.7. The van der Waals surface area contributed by atoms with Crippen molar-refractivity contribution in [3.05, 3.63) is 0 Å². The molecule has 0 radical (unpaired) electrons. The molecule has 1 atom stereocenters. The van der Waals surface area contributed by atoms with Gasteiger partial charge in [-0.05, 0) is 6.92 Å². The molecule has 0 aliphatic carbocycles. The summed E-state index contributed by atoms with van der Waals surface area (Å²) in [6, 6.07) is 0. The lowest BCUT2D eigenvalue weighted by Crippen LogP contribution is -2.23. The van der Waals surface area contributed by atoms with Crippen molar-refractivity contribution in [2.45, 2.75) is 19.3 Å². The van der Waals surface area contributed by atoms with E-state index in [4.69, 9.17) is 0 Å². The Hall–Kier alpha value is -0.940. The molecular weight excluding hydrogens is 147 g/mol. The second kappa shape index (κ2) is 2.03. The van der Waals surface area contributed by atoms with Crippen LogP contribution in [0.4, 0.5) is 13.2 Å². The molecule has 0 bridgehead atoms. The summed E-state index contributed by atoms with van der Waals surface area (Å²) in [5, 5.41) is 6.02. The number of alkyl halides is 3. The Labute approximate surface area is 54.7 Å². The summed E-state index contributed by atoms with van der Waals surface area (Å²) in [5.41, 5.74) is 0. The first kappa shape index (κ1) is 7.17. The molecule has 56 valence electrons. The first-order valence-electron chi connectivity index (χ1n) is 2.52. The molecule has 0 spiro atoms. The summed E-state index contributed by atoms with van der Waals surface area (Å²) in [6.07, 6.45) is -6.35. The highest BCUT2D eigenvalue weighted by Crippen LogP contribution is 2.26. The van der Waals surface area contributed by atoms with E-state index in [0.717, 1.165) is 0 Å². The van der Waals surface area contributed by atoms with Crippen LogP contribution in [0.25, 0.3) is 0 Å². The zero-order valence-corrected chi connectivity index (χ0v) is 5.05. The van der Waals surface area contributed by atoms with Crippen molar-refractivity contribution in [1.82, 2.24) is 0 Å². The van der Waals surface area contributed by atoms with E-state index < -0.39 is 12.3 Å². The molecule has 1 unspecified atom stereocenters. The van der Waals surface area contributed by atoms with Crippen LogP contribution in [0, 0.1) is 0 Å². The van der Waals surface area contributed by atoms with Crippen molar-refractivity contribution in [2.24, 2.45) is 15.2 Å². The van der Waals surface area contributed by atoms with Crippen LogP contribution in [-0.4, -0.2) is 18.2 Å². The predicted molar refractivity (Wildman–Crippen MR) is 27.8 cm³/mol. The van der Waals surface area contributed by atoms with E-state index in [9.17, 15) is 13.2 Å². The highest BCUT2D eigenvalue weighted by molar-refractivity contribution is 5.81. The van der Waals surface area contributed by atoms with Crippen LogP contribution >= 0.6 is 0 Å². The third kappa shape index (κ3) is 1.31. The van der Waals surface area contributed by atoms with E-state index in [1.54, 1.807) is 0 Å². The van der Waals surface area contributed by atoms with E-state index in [0.29, 0.717) is 0 Å². The Morgan fingerprint density at radius 3 is 2.20 bits per heavy atom. The van der Waals surface area contributed by atoms with Gasteiger partial charge in [-0.2, -0.15) is 18.3 Å². The van der Waals surface area contributed by atoms with Gasteiger partial charge in [-0.25, -0.2) is 4.99 Å². The minimum absolute atomic E-state index is 0.0716. The van der Waals surface area contributed by atoms with Gasteiger partial charge in [0, 0.05) is 0 Å². The van der Waals surface area contributed by atoms with Crippen LogP contribution in [0.15, 0.2) is 15.2 Å². The summed E-state index contributed by atoms with van der Waals surface area (Å²) < 4.78 is 35.0. The lowest BCUT2D eigenvalue weighted by atomic mass is 10.5. The average molecular weight is 151 g/mol. The van der Waals surface area contributed by atoms with Crippen LogP contribution in [0.3, 0.4) is 0 Å². The van der Waals surface area contributed by atoms with Crippen molar-refractivity contribution < 1.29 is 13.2 Å². The summed E-state index contributed by atoms with van der Waals surface area (Å²) in [7, 11) is 0. The molecule has 1 heterocycles. The zero-order valence-electron chi connectivity index (χ0n) is 5.05. The Morgan fingerprint density at radius 1 is 1.40 bits per heavy atom. The SMILES string of the molecule is CC1=NC(C(F)(F)F)N=N1. The van der Waals surface area contributed by atoms with Gasteiger partial charge in [-0.15, -0.1) is 5.11 Å². The largest absolute Gasteiger partial charge is 0.432 e. The highest BCUT2D eigenvalue weighted by atomic mass is 19.4. The maximum Gasteiger partial charge on any atom is 0.432 e. The normalized spacial score (nSPS) is 25.2. The van der Waals surface area contributed by atoms with Gasteiger partial charge >= 0.3 is 6.18 Å². The molecular formula is C4H4F3N3. The lowest BCUT2D eigenvalue weighted by molar-refractivity contribution is -0.144. The highest BCUT2D eigenvalue weighted by Gasteiger charge is 2.41. The van der Waals surface area contributed by atoms with Crippen LogP contribution in [-0.2, 0) is 0 Å². The summed E-state index contributed by atoms with van der Waals surface area (Å²) in [6.45, 7) is 1.37. The summed E-state index contributed by atoms with van der Waals surface area (Å²) in [5.74, 6) is 0.0716. The molecule has 0 aromatic carbocycles. The lowest BCUT2D eigenvalue weighted by Gasteiger charge is -2.05. The molecule has 1 aliphatic rings. The first-order valence-corrected chi connectivity index (χ1v) is 2.52. The van der Waals surface area contributed by atoms with E-state index in [2.05, 4.69) is 15.2 Å². The second-order valence-electron chi connectivity index (χ2n) is 1.81. The van der Waals surface area contributed by atoms with Gasteiger partial charge in [0.05, 0.1) is 0 Å². The third-order valence-electron chi connectivity index (χ3n) is 0.914. The number of azo groups is 1. The standard InChI is InChI=1S/C4H4F3N3/c1-2-8-3(10-9-2)4(5,6)7/h3H,1H3. The molecule has 0 aromatic heterocycles. The van der Waals surface area contributed by atoms with Gasteiger partial charge in [0.15, 0.2) is 0 Å². The monoisotopic (exact) mass is 151 g/mol. The molecule has 1 aliphatic heterocycles. The molecule has 1 rings (SSSR count). The fourth-order valence-corrected chi connectivity index (χ4v) is 0.506. The van der Waals surface area contributed by atoms with Gasteiger partial charge in [0.1, 0.15) is 5.84 Å². The van der Waals surface area contributed by atoms with Gasteiger partial charge in [0.2, 0.25) is 0 Å². The zero-order chi connectivity index (χ0) is 7.78. The number of amidine groups is 1. The average Bonchev–Trinajstić information content (AvgIpc) is 2.11. The molecule has 10 heavy (non-hydrogen) atoms. The summed E-state index contributed by atoms with van der Waals surface area (Å²) >= 11 is 0. The van der Waals surface area contributed by atoms with Crippen molar-refractivity contribution in [3.8, 4) is 0 Å². The second-order valence-corrected chi connectivity index (χ2v) is 1.81. The van der Waals surface area contributed by atoms with E-state index >= 15 is 0 Å². The van der Waals surface area contributed by atoms with Gasteiger partial charge in [-0.1, -0.05) is 0 Å². The summed E-state index contributed by atoms with van der Waals surface area (Å²) in [4.78, 5) is 3.12. The maximum absolute atomic E-state index is 11.7. The van der Waals surface area contributed by atoms with Crippen molar-refractivity contribution in [2.75, 3.05) is 0 Å². The van der Waals surface area contributed by atoms with E-state index in [-0.39, 0.29) is 5.84 Å². The van der Waals surface area contributed by atoms with E-state index in [1.807, 2.05) is 0 Å². The molecule has 0 saturated heterocycles.